The van der Waals surface area contributed by atoms with Gasteiger partial charge in [0.2, 0.25) is 0 Å². The average Bonchev–Trinajstić information content (AvgIpc) is 3.17. The van der Waals surface area contributed by atoms with Gasteiger partial charge in [0, 0.05) is 18.5 Å². The Hall–Kier alpha value is -2.60. The van der Waals surface area contributed by atoms with Crippen molar-refractivity contribution >= 4 is 15.7 Å². The van der Waals surface area contributed by atoms with Crippen LogP contribution in [0.15, 0.2) is 64.1 Å². The van der Waals surface area contributed by atoms with Crippen molar-refractivity contribution in [2.45, 2.75) is 31.2 Å². The van der Waals surface area contributed by atoms with E-state index in [9.17, 15) is 8.42 Å². The van der Waals surface area contributed by atoms with Gasteiger partial charge in [-0.05, 0) is 37.1 Å². The molecular weight excluding hydrogens is 336 g/mol. The van der Waals surface area contributed by atoms with Crippen molar-refractivity contribution < 1.29 is 12.8 Å². The van der Waals surface area contributed by atoms with Crippen LogP contribution in [0.2, 0.25) is 0 Å². The van der Waals surface area contributed by atoms with E-state index in [1.165, 1.54) is 4.31 Å². The summed E-state index contributed by atoms with van der Waals surface area (Å²) in [5.41, 5.74) is 3.35. The number of anilines is 1. The number of para-hydroxylation sites is 1. The molecule has 4 rings (SSSR count). The predicted octanol–water partition coefficient (Wildman–Crippen LogP) is 3.79. The maximum atomic E-state index is 13.2. The summed E-state index contributed by atoms with van der Waals surface area (Å²) in [6.45, 7) is 3.71. The van der Waals surface area contributed by atoms with Crippen molar-refractivity contribution in [3.63, 3.8) is 0 Å². The van der Waals surface area contributed by atoms with Gasteiger partial charge in [-0.3, -0.25) is 4.31 Å². The molecule has 5 nitrogen and oxygen atoms in total. The topological polar surface area (TPSA) is 63.4 Å². The van der Waals surface area contributed by atoms with Gasteiger partial charge in [-0.15, -0.1) is 0 Å². The van der Waals surface area contributed by atoms with Gasteiger partial charge in [0.25, 0.3) is 10.0 Å². The summed E-state index contributed by atoms with van der Waals surface area (Å²) in [6, 6.07) is 14.3. The normalized spacial score (nSPS) is 16.9. The molecule has 1 aromatic heterocycles. The van der Waals surface area contributed by atoms with Crippen LogP contribution in [0.5, 0.6) is 0 Å². The Kier molecular flexibility index (Phi) is 3.65. The van der Waals surface area contributed by atoms with E-state index < -0.39 is 10.0 Å². The molecule has 3 aromatic rings. The quantitative estimate of drug-likeness (QED) is 0.718. The van der Waals surface area contributed by atoms with Gasteiger partial charge in [0.15, 0.2) is 5.89 Å². The fourth-order valence-corrected chi connectivity index (χ4v) is 5.00. The number of nitrogens with zero attached hydrogens (tertiary/aromatic N) is 2. The van der Waals surface area contributed by atoms with Gasteiger partial charge >= 0.3 is 0 Å². The Morgan fingerprint density at radius 2 is 1.84 bits per heavy atom. The van der Waals surface area contributed by atoms with Gasteiger partial charge in [-0.25, -0.2) is 13.4 Å². The van der Waals surface area contributed by atoms with Gasteiger partial charge in [-0.1, -0.05) is 30.3 Å². The molecule has 6 heteroatoms. The lowest BCUT2D eigenvalue weighted by molar-refractivity contribution is 0.521. The zero-order valence-corrected chi connectivity index (χ0v) is 14.8. The fourth-order valence-electron chi connectivity index (χ4n) is 3.31. The van der Waals surface area contributed by atoms with Crippen molar-refractivity contribution in [1.29, 1.82) is 0 Å². The molecule has 0 bridgehead atoms. The SMILES string of the molecule is Cc1nc(-c2ccc(S(=O)(=O)N3c4ccccc4C[C@@H]3C)cc2)co1. The van der Waals surface area contributed by atoms with Gasteiger partial charge in [0.05, 0.1) is 10.6 Å². The van der Waals surface area contributed by atoms with Crippen molar-refractivity contribution in [3.05, 3.63) is 66.2 Å². The summed E-state index contributed by atoms with van der Waals surface area (Å²) in [6.07, 6.45) is 2.29. The number of sulfonamides is 1. The molecular formula is C19H18N2O3S. The standard InChI is InChI=1S/C19H18N2O3S/c1-13-11-16-5-3-4-6-19(16)21(13)25(22,23)17-9-7-15(8-10-17)18-12-24-14(2)20-18/h3-10,12-13H,11H2,1-2H3/t13-/m0/s1. The zero-order valence-electron chi connectivity index (χ0n) is 14.0. The molecule has 0 saturated heterocycles. The average molecular weight is 354 g/mol. The Morgan fingerprint density at radius 3 is 2.52 bits per heavy atom. The van der Waals surface area contributed by atoms with Crippen molar-refractivity contribution in [1.82, 2.24) is 4.98 Å². The minimum atomic E-state index is -3.61. The molecule has 1 aliphatic heterocycles. The maximum Gasteiger partial charge on any atom is 0.264 e. The van der Waals surface area contributed by atoms with E-state index in [0.29, 0.717) is 11.6 Å². The summed E-state index contributed by atoms with van der Waals surface area (Å²) in [5, 5.41) is 0. The number of hydrogen-bond acceptors (Lipinski definition) is 4. The minimum Gasteiger partial charge on any atom is -0.449 e. The van der Waals surface area contributed by atoms with Gasteiger partial charge in [0.1, 0.15) is 12.0 Å². The lowest BCUT2D eigenvalue weighted by atomic mass is 10.1. The van der Waals surface area contributed by atoms with Crippen molar-refractivity contribution in [2.75, 3.05) is 4.31 Å². The molecule has 0 aliphatic carbocycles. The summed E-state index contributed by atoms with van der Waals surface area (Å²) < 4.78 is 33.0. The molecule has 0 N–H and O–H groups in total. The third kappa shape index (κ3) is 2.62. The fraction of sp³-hybridized carbons (Fsp3) is 0.211. The van der Waals surface area contributed by atoms with E-state index in [2.05, 4.69) is 4.98 Å². The predicted molar refractivity (Wildman–Crippen MR) is 95.9 cm³/mol. The Labute approximate surface area is 147 Å². The first-order valence-corrected chi connectivity index (χ1v) is 9.56. The summed E-state index contributed by atoms with van der Waals surface area (Å²) in [5.74, 6) is 0.578. The number of aromatic nitrogens is 1. The highest BCUT2D eigenvalue weighted by atomic mass is 32.2. The Morgan fingerprint density at radius 1 is 1.12 bits per heavy atom. The third-order valence-corrected chi connectivity index (χ3v) is 6.41. The van der Waals surface area contributed by atoms with Crippen LogP contribution in [-0.2, 0) is 16.4 Å². The van der Waals surface area contributed by atoms with Crippen LogP contribution in [0, 0.1) is 6.92 Å². The lowest BCUT2D eigenvalue weighted by Crippen LogP contribution is -2.35. The molecule has 1 atom stereocenters. The summed E-state index contributed by atoms with van der Waals surface area (Å²) in [7, 11) is -3.61. The molecule has 0 unspecified atom stereocenters. The van der Waals surface area contributed by atoms with Crippen LogP contribution in [0.3, 0.4) is 0 Å². The summed E-state index contributed by atoms with van der Waals surface area (Å²) >= 11 is 0. The van der Waals surface area contributed by atoms with Crippen molar-refractivity contribution in [3.8, 4) is 11.3 Å². The number of rotatable bonds is 3. The zero-order chi connectivity index (χ0) is 17.6. The van der Waals surface area contributed by atoms with Crippen LogP contribution in [0.4, 0.5) is 5.69 Å². The van der Waals surface area contributed by atoms with Gasteiger partial charge < -0.3 is 4.42 Å². The van der Waals surface area contributed by atoms with E-state index >= 15 is 0 Å². The van der Waals surface area contributed by atoms with E-state index in [1.807, 2.05) is 31.2 Å². The summed E-state index contributed by atoms with van der Waals surface area (Å²) in [4.78, 5) is 4.54. The molecule has 25 heavy (non-hydrogen) atoms. The highest BCUT2D eigenvalue weighted by molar-refractivity contribution is 7.92. The second-order valence-corrected chi connectivity index (χ2v) is 8.07. The second-order valence-electron chi connectivity index (χ2n) is 6.26. The van der Waals surface area contributed by atoms with Crippen molar-refractivity contribution in [2.24, 2.45) is 0 Å². The molecule has 128 valence electrons. The molecule has 0 amide bonds. The van der Waals surface area contributed by atoms with E-state index in [0.717, 1.165) is 23.2 Å². The minimum absolute atomic E-state index is 0.0970. The van der Waals surface area contributed by atoms with Crippen LogP contribution in [0.1, 0.15) is 18.4 Å². The second kappa shape index (κ2) is 5.74. The molecule has 2 heterocycles. The van der Waals surface area contributed by atoms with Crippen LogP contribution in [0.25, 0.3) is 11.3 Å². The number of hydrogen-bond donors (Lipinski definition) is 0. The number of benzene rings is 2. The van der Waals surface area contributed by atoms with E-state index in [-0.39, 0.29) is 10.9 Å². The van der Waals surface area contributed by atoms with Gasteiger partial charge in [-0.2, -0.15) is 0 Å². The highest BCUT2D eigenvalue weighted by Gasteiger charge is 2.35. The number of fused-ring (bicyclic) bond motifs is 1. The first kappa shape index (κ1) is 15.9. The Bertz CT molecular complexity index is 1020. The first-order valence-electron chi connectivity index (χ1n) is 8.12. The molecule has 0 saturated carbocycles. The molecule has 0 spiro atoms. The van der Waals surface area contributed by atoms with Crippen LogP contribution >= 0.6 is 0 Å². The monoisotopic (exact) mass is 354 g/mol. The highest BCUT2D eigenvalue weighted by Crippen LogP contribution is 2.36. The third-order valence-electron chi connectivity index (χ3n) is 4.47. The van der Waals surface area contributed by atoms with Crippen LogP contribution < -0.4 is 4.31 Å². The number of aryl methyl sites for hydroxylation is 1. The van der Waals surface area contributed by atoms with E-state index in [4.69, 9.17) is 4.42 Å². The van der Waals surface area contributed by atoms with Crippen LogP contribution in [-0.4, -0.2) is 19.4 Å². The molecule has 1 aliphatic rings. The number of oxazole rings is 1. The first-order chi connectivity index (χ1) is 12.0. The smallest absolute Gasteiger partial charge is 0.264 e. The Balaban J connectivity index is 1.71. The maximum absolute atomic E-state index is 13.2. The molecule has 0 fully saturated rings. The lowest BCUT2D eigenvalue weighted by Gasteiger charge is -2.24. The molecule has 0 radical (unpaired) electrons. The largest absolute Gasteiger partial charge is 0.449 e. The van der Waals surface area contributed by atoms with E-state index in [1.54, 1.807) is 37.5 Å². The molecule has 2 aromatic carbocycles.